The van der Waals surface area contributed by atoms with E-state index in [9.17, 15) is 34.8 Å². The molecule has 6 rings (SSSR count). The summed E-state index contributed by atoms with van der Waals surface area (Å²) in [6.07, 6.45) is 0.198. The smallest absolute Gasteiger partial charge is 0.255 e. The number of phenolic OH excluding ortho intramolecular Hbond substituents is 1. The summed E-state index contributed by atoms with van der Waals surface area (Å²) >= 11 is 0. The van der Waals surface area contributed by atoms with Crippen LogP contribution in [0.25, 0.3) is 22.6 Å². The average Bonchev–Trinajstić information content (AvgIpc) is 3.03. The molecule has 3 aliphatic carbocycles. The summed E-state index contributed by atoms with van der Waals surface area (Å²) in [5, 5.41) is 48.6. The topological polar surface area (TPSA) is 183 Å². The van der Waals surface area contributed by atoms with E-state index in [1.165, 1.54) is 11.0 Å². The van der Waals surface area contributed by atoms with Gasteiger partial charge in [0.1, 0.15) is 28.6 Å². The molecule has 3 aliphatic rings. The molecule has 0 spiro atoms. The molecule has 0 saturated heterocycles. The fraction of sp³-hybridized carbons (Fsp3) is 0.250. The Kier molecular flexibility index (Phi) is 7.69. The molecule has 1 amide bonds. The minimum Gasteiger partial charge on any atom is -0.508 e. The van der Waals surface area contributed by atoms with Crippen LogP contribution in [0, 0.1) is 11.8 Å². The first-order valence-corrected chi connectivity index (χ1v) is 15.0. The second-order valence-corrected chi connectivity index (χ2v) is 12.4. The molecule has 4 atom stereocenters. The number of likely N-dealkylation sites (N-methyl/N-ethyl adjacent to an activating group) is 1. The predicted molar refractivity (Wildman–Crippen MR) is 175 cm³/mol. The molecule has 242 valence electrons. The zero-order valence-corrected chi connectivity index (χ0v) is 26.1. The van der Waals surface area contributed by atoms with Gasteiger partial charge in [-0.05, 0) is 97.6 Å². The monoisotopic (exact) mass is 637 g/mol. The number of methoxy groups -OCH3 is 1. The molecule has 11 nitrogen and oxygen atoms in total. The third-order valence-corrected chi connectivity index (χ3v) is 9.53. The van der Waals surface area contributed by atoms with Gasteiger partial charge in [0.2, 0.25) is 5.78 Å². The van der Waals surface area contributed by atoms with Crippen LogP contribution in [0.1, 0.15) is 23.1 Å². The van der Waals surface area contributed by atoms with E-state index in [1.54, 1.807) is 27.3 Å². The van der Waals surface area contributed by atoms with Gasteiger partial charge in [0.05, 0.1) is 18.7 Å². The highest BCUT2D eigenvalue weighted by Gasteiger charge is 2.64. The zero-order chi connectivity index (χ0) is 33.9. The van der Waals surface area contributed by atoms with Crippen LogP contribution in [0.5, 0.6) is 11.5 Å². The lowest BCUT2D eigenvalue weighted by Crippen LogP contribution is -2.65. The Balaban J connectivity index is 1.38. The van der Waals surface area contributed by atoms with Gasteiger partial charge in [-0.1, -0.05) is 24.8 Å². The molecule has 0 radical (unpaired) electrons. The van der Waals surface area contributed by atoms with E-state index in [0.717, 1.165) is 22.6 Å². The number of Topliss-reactive ketones (excluding diaryl/α,β-unsaturated/α-hetero) is 2. The van der Waals surface area contributed by atoms with Crippen molar-refractivity contribution in [3.63, 3.8) is 0 Å². The van der Waals surface area contributed by atoms with Gasteiger partial charge >= 0.3 is 0 Å². The van der Waals surface area contributed by atoms with Crippen molar-refractivity contribution in [2.75, 3.05) is 26.5 Å². The van der Waals surface area contributed by atoms with Crippen LogP contribution in [0.15, 0.2) is 84.1 Å². The van der Waals surface area contributed by atoms with Gasteiger partial charge in [-0.25, -0.2) is 0 Å². The van der Waals surface area contributed by atoms with Crippen molar-refractivity contribution in [1.82, 2.24) is 4.90 Å². The van der Waals surface area contributed by atoms with Gasteiger partial charge in [0.15, 0.2) is 11.4 Å². The van der Waals surface area contributed by atoms with E-state index in [0.29, 0.717) is 16.8 Å². The van der Waals surface area contributed by atoms with Crippen molar-refractivity contribution in [3.8, 4) is 22.6 Å². The number of hydrogen-bond donors (Lipinski definition) is 6. The van der Waals surface area contributed by atoms with Gasteiger partial charge in [-0.2, -0.15) is 0 Å². The molecule has 0 bridgehead atoms. The molecular formula is C36H35N3O8. The Hall–Kier alpha value is -5.39. The maximum Gasteiger partial charge on any atom is 0.255 e. The summed E-state index contributed by atoms with van der Waals surface area (Å²) < 4.78 is 5.22. The number of hydrogen-bond acceptors (Lipinski definition) is 10. The van der Waals surface area contributed by atoms with Crippen molar-refractivity contribution < 1.29 is 39.5 Å². The van der Waals surface area contributed by atoms with E-state index >= 15 is 0 Å². The lowest BCUT2D eigenvalue weighted by atomic mass is 9.57. The number of nitrogens with zero attached hydrogens (tertiary/aromatic N) is 1. The molecule has 7 N–H and O–H groups in total. The van der Waals surface area contributed by atoms with Gasteiger partial charge in [-0.15, -0.1) is 0 Å². The number of nitrogens with two attached hydrogens (primary N) is 1. The van der Waals surface area contributed by atoms with Gasteiger partial charge < -0.3 is 36.2 Å². The van der Waals surface area contributed by atoms with Crippen LogP contribution in [0.3, 0.4) is 0 Å². The number of carbonyl (C=O) groups is 3. The molecule has 3 aromatic carbocycles. The molecule has 1 saturated carbocycles. The fourth-order valence-corrected chi connectivity index (χ4v) is 7.29. The molecule has 47 heavy (non-hydrogen) atoms. The Morgan fingerprint density at radius 2 is 1.68 bits per heavy atom. The molecule has 0 aromatic heterocycles. The first-order chi connectivity index (χ1) is 22.3. The molecule has 0 heterocycles. The molecule has 1 unspecified atom stereocenters. The Morgan fingerprint density at radius 1 is 1.02 bits per heavy atom. The molecule has 11 heteroatoms. The second-order valence-electron chi connectivity index (χ2n) is 12.4. The summed E-state index contributed by atoms with van der Waals surface area (Å²) in [4.78, 5) is 41.1. The number of aliphatic hydroxyl groups is 3. The summed E-state index contributed by atoms with van der Waals surface area (Å²) in [5.41, 5.74) is 6.14. The van der Waals surface area contributed by atoms with Crippen molar-refractivity contribution in [2.45, 2.75) is 24.5 Å². The normalized spacial score (nSPS) is 23.6. The maximum absolute atomic E-state index is 14.1. The number of nitrogens with one attached hydrogen (secondary N) is 1. The highest BCUT2D eigenvalue weighted by molar-refractivity contribution is 6.24. The maximum atomic E-state index is 14.1. The fourth-order valence-electron chi connectivity index (χ4n) is 7.29. The summed E-state index contributed by atoms with van der Waals surface area (Å²) in [5.74, 6) is -6.12. The van der Waals surface area contributed by atoms with Crippen LogP contribution in [0.4, 0.5) is 5.69 Å². The SMILES string of the molecule is C=C(Nc1ccc(-c2ccc(O)c3c2C[C@H]2C[C@H]4C(N(C)C)C(=O)C(C(N)=O)=C(O)[C@@]4(O)C(=O)C2=C3O)cc1)c1ccc(OC)cc1. The number of anilines is 1. The highest BCUT2D eigenvalue weighted by Crippen LogP contribution is 2.53. The van der Waals surface area contributed by atoms with Gasteiger partial charge in [0, 0.05) is 22.9 Å². The number of phenols is 1. The number of aromatic hydroxyl groups is 1. The van der Waals surface area contributed by atoms with E-state index in [1.807, 2.05) is 48.5 Å². The quantitative estimate of drug-likeness (QED) is 0.209. The number of carbonyl (C=O) groups excluding carboxylic acids is 3. The number of benzene rings is 3. The standard InChI is InChI=1S/C36H35N3O8/c1-17(18-7-11-22(47-4)12-8-18)38-21-9-5-19(6-10-21)23-13-14-26(40)28-24(23)15-20-16-25-30(39(2)3)32(42)29(35(37)45)34(44)36(25,46)33(43)27(20)31(28)41/h5-14,20,25,30,38,40-41,44,46H,1,15-16H2,2-4H3,(H2,37,45)/t20-,25-,30?,36-/m0/s1. The van der Waals surface area contributed by atoms with E-state index < -0.39 is 58.0 Å². The molecule has 0 aliphatic heterocycles. The number of rotatable bonds is 7. The number of amides is 1. The molecule has 1 fully saturated rings. The van der Waals surface area contributed by atoms with Crippen molar-refractivity contribution in [3.05, 3.63) is 101 Å². The van der Waals surface area contributed by atoms with Gasteiger partial charge in [-0.3, -0.25) is 19.3 Å². The average molecular weight is 638 g/mol. The summed E-state index contributed by atoms with van der Waals surface area (Å²) in [6, 6.07) is 17.0. The van der Waals surface area contributed by atoms with Crippen LogP contribution in [-0.4, -0.2) is 75.6 Å². The largest absolute Gasteiger partial charge is 0.508 e. The second kappa shape index (κ2) is 11.4. The van der Waals surface area contributed by atoms with Crippen LogP contribution in [-0.2, 0) is 20.8 Å². The summed E-state index contributed by atoms with van der Waals surface area (Å²) in [7, 11) is 4.73. The number of primary amides is 1. The lowest BCUT2D eigenvalue weighted by molar-refractivity contribution is -0.153. The third-order valence-electron chi connectivity index (χ3n) is 9.53. The minimum atomic E-state index is -2.68. The van der Waals surface area contributed by atoms with Crippen molar-refractivity contribution in [1.29, 1.82) is 0 Å². The van der Waals surface area contributed by atoms with Crippen LogP contribution in [0.2, 0.25) is 0 Å². The number of aliphatic hydroxyl groups excluding tert-OH is 2. The molecular weight excluding hydrogens is 602 g/mol. The first-order valence-electron chi connectivity index (χ1n) is 15.0. The molecule has 3 aromatic rings. The third kappa shape index (κ3) is 4.86. The predicted octanol–water partition coefficient (Wildman–Crippen LogP) is 3.72. The van der Waals surface area contributed by atoms with Crippen LogP contribution < -0.4 is 15.8 Å². The Bertz CT molecular complexity index is 1910. The Morgan fingerprint density at radius 3 is 2.28 bits per heavy atom. The van der Waals surface area contributed by atoms with Gasteiger partial charge in [0.25, 0.3) is 5.91 Å². The van der Waals surface area contributed by atoms with Crippen molar-refractivity contribution in [2.24, 2.45) is 17.6 Å². The number of fused-ring (bicyclic) bond motifs is 3. The minimum absolute atomic E-state index is 0.0111. The summed E-state index contributed by atoms with van der Waals surface area (Å²) in [6.45, 7) is 4.12. The zero-order valence-electron chi connectivity index (χ0n) is 26.1. The highest BCUT2D eigenvalue weighted by atomic mass is 16.5. The lowest BCUT2D eigenvalue weighted by Gasteiger charge is -2.50. The van der Waals surface area contributed by atoms with E-state index in [-0.39, 0.29) is 29.7 Å². The van der Waals surface area contributed by atoms with Crippen LogP contribution >= 0.6 is 0 Å². The first kappa shape index (κ1) is 31.6. The Labute approximate surface area is 270 Å². The van der Waals surface area contributed by atoms with E-state index in [2.05, 4.69) is 11.9 Å². The number of ether oxygens (including phenoxy) is 1. The number of ketones is 2. The van der Waals surface area contributed by atoms with E-state index in [4.69, 9.17) is 10.5 Å². The van der Waals surface area contributed by atoms with Crippen molar-refractivity contribution >= 4 is 34.6 Å².